The van der Waals surface area contributed by atoms with Crippen LogP contribution in [0.3, 0.4) is 0 Å². The van der Waals surface area contributed by atoms with Gasteiger partial charge in [0.25, 0.3) is 0 Å². The first-order valence-electron chi connectivity index (χ1n) is 10.2. The average Bonchev–Trinajstić information content (AvgIpc) is 2.69. The van der Waals surface area contributed by atoms with Crippen LogP contribution in [0.5, 0.6) is 5.75 Å². The number of aliphatic hydroxyl groups is 1. The standard InChI is InChI=1S/C23H33FN4O2/c1-6-25-23(26-14-17-10-11-21(28(4)5)20(24)12-17)27-15-22(29)18-8-7-9-19(13-18)30-16(2)3/h7-13,16,22,29H,6,14-15H2,1-5H3,(H2,25,26,27). The third kappa shape index (κ3) is 7.22. The van der Waals surface area contributed by atoms with Gasteiger partial charge in [-0.05, 0) is 56.2 Å². The van der Waals surface area contributed by atoms with Crippen LogP contribution in [0.25, 0.3) is 0 Å². The maximum Gasteiger partial charge on any atom is 0.191 e. The summed E-state index contributed by atoms with van der Waals surface area (Å²) in [6, 6.07) is 12.5. The molecule has 164 valence electrons. The molecule has 0 fully saturated rings. The molecule has 0 heterocycles. The molecule has 0 radical (unpaired) electrons. The third-order valence-electron chi connectivity index (χ3n) is 4.34. The van der Waals surface area contributed by atoms with E-state index in [1.54, 1.807) is 25.1 Å². The SMILES string of the molecule is CCNC(=NCc1ccc(N(C)C)c(F)c1)NCC(O)c1cccc(OC(C)C)c1. The Morgan fingerprint density at radius 1 is 1.17 bits per heavy atom. The van der Waals surface area contributed by atoms with Gasteiger partial charge in [-0.25, -0.2) is 9.38 Å². The molecule has 1 unspecified atom stereocenters. The molecule has 0 aliphatic rings. The van der Waals surface area contributed by atoms with E-state index >= 15 is 0 Å². The first-order valence-corrected chi connectivity index (χ1v) is 10.2. The molecular weight excluding hydrogens is 383 g/mol. The number of ether oxygens (including phenoxy) is 1. The summed E-state index contributed by atoms with van der Waals surface area (Å²) in [7, 11) is 3.61. The molecule has 3 N–H and O–H groups in total. The van der Waals surface area contributed by atoms with Gasteiger partial charge in [-0.15, -0.1) is 0 Å². The lowest BCUT2D eigenvalue weighted by atomic mass is 10.1. The van der Waals surface area contributed by atoms with Crippen LogP contribution in [0.2, 0.25) is 0 Å². The number of aliphatic imine (C=N–C) groups is 1. The Morgan fingerprint density at radius 2 is 1.93 bits per heavy atom. The van der Waals surface area contributed by atoms with Crippen LogP contribution in [0.1, 0.15) is 38.0 Å². The van der Waals surface area contributed by atoms with Crippen LogP contribution < -0.4 is 20.3 Å². The van der Waals surface area contributed by atoms with Crippen LogP contribution >= 0.6 is 0 Å². The molecule has 7 heteroatoms. The molecule has 2 aromatic rings. The Balaban J connectivity index is 2.00. The first kappa shape index (κ1) is 23.5. The van der Waals surface area contributed by atoms with Crippen molar-refractivity contribution in [1.29, 1.82) is 0 Å². The van der Waals surface area contributed by atoms with Gasteiger partial charge < -0.3 is 25.4 Å². The zero-order chi connectivity index (χ0) is 22.1. The van der Waals surface area contributed by atoms with Gasteiger partial charge in [0.2, 0.25) is 0 Å². The molecule has 0 saturated carbocycles. The Bertz CT molecular complexity index is 840. The summed E-state index contributed by atoms with van der Waals surface area (Å²) in [4.78, 5) is 6.23. The normalized spacial score (nSPS) is 12.6. The second-order valence-corrected chi connectivity index (χ2v) is 7.51. The summed E-state index contributed by atoms with van der Waals surface area (Å²) < 4.78 is 19.9. The highest BCUT2D eigenvalue weighted by Gasteiger charge is 2.11. The van der Waals surface area contributed by atoms with Crippen LogP contribution in [0.15, 0.2) is 47.5 Å². The van der Waals surface area contributed by atoms with E-state index in [-0.39, 0.29) is 18.5 Å². The lowest BCUT2D eigenvalue weighted by molar-refractivity contribution is 0.179. The van der Waals surface area contributed by atoms with Gasteiger partial charge in [-0.2, -0.15) is 0 Å². The zero-order valence-corrected chi connectivity index (χ0v) is 18.4. The highest BCUT2D eigenvalue weighted by Crippen LogP contribution is 2.20. The van der Waals surface area contributed by atoms with E-state index in [0.717, 1.165) is 16.9 Å². The molecule has 0 spiro atoms. The summed E-state index contributed by atoms with van der Waals surface area (Å²) in [5.74, 6) is 1.01. The summed E-state index contributed by atoms with van der Waals surface area (Å²) in [6.45, 7) is 7.17. The summed E-state index contributed by atoms with van der Waals surface area (Å²) in [5.41, 5.74) is 2.08. The number of nitrogens with zero attached hydrogens (tertiary/aromatic N) is 2. The largest absolute Gasteiger partial charge is 0.491 e. The Labute approximate surface area is 178 Å². The third-order valence-corrected chi connectivity index (χ3v) is 4.34. The summed E-state index contributed by atoms with van der Waals surface area (Å²) in [5, 5.41) is 16.8. The van der Waals surface area contributed by atoms with E-state index in [1.807, 2.05) is 51.1 Å². The van der Waals surface area contributed by atoms with E-state index in [4.69, 9.17) is 4.74 Å². The number of guanidine groups is 1. The fraction of sp³-hybridized carbons (Fsp3) is 0.435. The van der Waals surface area contributed by atoms with E-state index in [2.05, 4.69) is 15.6 Å². The van der Waals surface area contributed by atoms with Crippen molar-refractivity contribution >= 4 is 11.6 Å². The number of nitrogens with one attached hydrogen (secondary N) is 2. The smallest absolute Gasteiger partial charge is 0.191 e. The second kappa shape index (κ2) is 11.4. The fourth-order valence-corrected chi connectivity index (χ4v) is 2.90. The van der Waals surface area contributed by atoms with E-state index < -0.39 is 6.10 Å². The number of aliphatic hydroxyl groups excluding tert-OH is 1. The Kier molecular flexibility index (Phi) is 8.92. The number of hydrogen-bond donors (Lipinski definition) is 3. The van der Waals surface area contributed by atoms with Crippen molar-refractivity contribution in [3.8, 4) is 5.75 Å². The minimum Gasteiger partial charge on any atom is -0.491 e. The number of halogens is 1. The van der Waals surface area contributed by atoms with E-state index in [9.17, 15) is 9.50 Å². The monoisotopic (exact) mass is 416 g/mol. The van der Waals surface area contributed by atoms with Gasteiger partial charge in [0.05, 0.1) is 24.4 Å². The highest BCUT2D eigenvalue weighted by molar-refractivity contribution is 5.79. The first-order chi connectivity index (χ1) is 14.3. The molecule has 30 heavy (non-hydrogen) atoms. The molecule has 0 amide bonds. The van der Waals surface area contributed by atoms with Crippen molar-refractivity contribution in [3.63, 3.8) is 0 Å². The lowest BCUT2D eigenvalue weighted by Crippen LogP contribution is -2.39. The highest BCUT2D eigenvalue weighted by atomic mass is 19.1. The van der Waals surface area contributed by atoms with Crippen molar-refractivity contribution in [2.75, 3.05) is 32.1 Å². The minimum atomic E-state index is -0.721. The maximum atomic E-state index is 14.2. The lowest BCUT2D eigenvalue weighted by Gasteiger charge is -2.17. The van der Waals surface area contributed by atoms with Crippen LogP contribution in [0.4, 0.5) is 10.1 Å². The Morgan fingerprint density at radius 3 is 2.57 bits per heavy atom. The molecule has 0 saturated heterocycles. The van der Waals surface area contributed by atoms with Crippen molar-refractivity contribution in [2.45, 2.75) is 39.5 Å². The number of anilines is 1. The predicted octanol–water partition coefficient (Wildman–Crippen LogP) is 3.47. The topological polar surface area (TPSA) is 69.1 Å². The molecule has 2 rings (SSSR count). The summed E-state index contributed by atoms with van der Waals surface area (Å²) >= 11 is 0. The van der Waals surface area contributed by atoms with Crippen LogP contribution in [-0.4, -0.2) is 44.4 Å². The van der Waals surface area contributed by atoms with Gasteiger partial charge in [-0.3, -0.25) is 0 Å². The molecule has 1 atom stereocenters. The molecular formula is C23H33FN4O2. The molecule has 0 bridgehead atoms. The predicted molar refractivity (Wildman–Crippen MR) is 121 cm³/mol. The van der Waals surface area contributed by atoms with Crippen LogP contribution in [0, 0.1) is 5.82 Å². The van der Waals surface area contributed by atoms with Gasteiger partial charge in [0, 0.05) is 27.2 Å². The maximum absolute atomic E-state index is 14.2. The van der Waals surface area contributed by atoms with Gasteiger partial charge >= 0.3 is 0 Å². The van der Waals surface area contributed by atoms with E-state index in [0.29, 0.717) is 24.7 Å². The molecule has 0 aromatic heterocycles. The molecule has 0 aliphatic heterocycles. The number of benzene rings is 2. The quantitative estimate of drug-likeness (QED) is 0.431. The number of rotatable bonds is 9. The van der Waals surface area contributed by atoms with E-state index in [1.165, 1.54) is 6.07 Å². The van der Waals surface area contributed by atoms with Crippen molar-refractivity contribution in [3.05, 3.63) is 59.4 Å². The van der Waals surface area contributed by atoms with Crippen LogP contribution in [-0.2, 0) is 6.54 Å². The number of hydrogen-bond acceptors (Lipinski definition) is 4. The second-order valence-electron chi connectivity index (χ2n) is 7.51. The van der Waals surface area contributed by atoms with Crippen molar-refractivity contribution in [2.24, 2.45) is 4.99 Å². The van der Waals surface area contributed by atoms with Gasteiger partial charge in [0.1, 0.15) is 11.6 Å². The minimum absolute atomic E-state index is 0.0691. The molecule has 6 nitrogen and oxygen atoms in total. The van der Waals surface area contributed by atoms with Crippen molar-refractivity contribution in [1.82, 2.24) is 10.6 Å². The fourth-order valence-electron chi connectivity index (χ4n) is 2.90. The average molecular weight is 417 g/mol. The van der Waals surface area contributed by atoms with Crippen molar-refractivity contribution < 1.29 is 14.2 Å². The zero-order valence-electron chi connectivity index (χ0n) is 18.4. The van der Waals surface area contributed by atoms with Gasteiger partial charge in [0.15, 0.2) is 5.96 Å². The molecule has 0 aliphatic carbocycles. The Hall–Kier alpha value is -2.80. The summed E-state index contributed by atoms with van der Waals surface area (Å²) in [6.07, 6.45) is -0.652. The molecule has 2 aromatic carbocycles. The van der Waals surface area contributed by atoms with Gasteiger partial charge in [-0.1, -0.05) is 18.2 Å².